The highest BCUT2D eigenvalue weighted by Gasteiger charge is 1.99. The van der Waals surface area contributed by atoms with Crippen LogP contribution in [0.5, 0.6) is 0 Å². The zero-order valence-corrected chi connectivity index (χ0v) is 6.27. The van der Waals surface area contributed by atoms with Crippen molar-refractivity contribution >= 4 is 17.9 Å². The SMILES string of the molecule is CN(CCCO)C(=O)S. The second-order valence-electron chi connectivity index (χ2n) is 1.78. The van der Waals surface area contributed by atoms with E-state index >= 15 is 0 Å². The Kier molecular flexibility index (Phi) is 4.53. The van der Waals surface area contributed by atoms with E-state index < -0.39 is 0 Å². The molecule has 4 heteroatoms. The topological polar surface area (TPSA) is 40.5 Å². The summed E-state index contributed by atoms with van der Waals surface area (Å²) in [5, 5.41) is 8.07. The van der Waals surface area contributed by atoms with Gasteiger partial charge in [0.05, 0.1) is 0 Å². The first-order chi connectivity index (χ1) is 4.18. The maximum atomic E-state index is 10.4. The van der Waals surface area contributed by atoms with Crippen LogP contribution in [0.1, 0.15) is 6.42 Å². The van der Waals surface area contributed by atoms with Crippen molar-refractivity contribution in [1.29, 1.82) is 0 Å². The van der Waals surface area contributed by atoms with Crippen LogP contribution < -0.4 is 0 Å². The molecule has 54 valence electrons. The Morgan fingerprint density at radius 1 is 1.78 bits per heavy atom. The van der Waals surface area contributed by atoms with E-state index in [0.29, 0.717) is 13.0 Å². The molecule has 0 aliphatic carbocycles. The molecule has 0 spiro atoms. The molecule has 0 aromatic heterocycles. The van der Waals surface area contributed by atoms with E-state index in [1.165, 1.54) is 4.90 Å². The van der Waals surface area contributed by atoms with Gasteiger partial charge in [-0.25, -0.2) is 0 Å². The van der Waals surface area contributed by atoms with Crippen LogP contribution in [0.15, 0.2) is 0 Å². The largest absolute Gasteiger partial charge is 0.396 e. The molecule has 0 radical (unpaired) electrons. The standard InChI is InChI=1S/C5H11NO2S/c1-6(5(8)9)3-2-4-7/h7H,2-4H2,1H3,(H,8,9). The summed E-state index contributed by atoms with van der Waals surface area (Å²) >= 11 is 3.57. The number of aliphatic hydroxyl groups excluding tert-OH is 1. The zero-order chi connectivity index (χ0) is 7.28. The molecule has 0 saturated carbocycles. The number of carbonyl (C=O) groups excluding carboxylic acids is 1. The second kappa shape index (κ2) is 4.64. The molecule has 1 N–H and O–H groups in total. The van der Waals surface area contributed by atoms with Crippen LogP contribution >= 0.6 is 12.6 Å². The van der Waals surface area contributed by atoms with Gasteiger partial charge in [-0.15, -0.1) is 0 Å². The highest BCUT2D eigenvalue weighted by atomic mass is 32.1. The molecule has 0 rings (SSSR count). The van der Waals surface area contributed by atoms with Crippen LogP contribution in [0.2, 0.25) is 0 Å². The molecular formula is C5H11NO2S. The molecule has 0 aromatic rings. The van der Waals surface area contributed by atoms with Crippen LogP contribution in [0.25, 0.3) is 0 Å². The number of thiol groups is 1. The van der Waals surface area contributed by atoms with Crippen molar-refractivity contribution in [3.8, 4) is 0 Å². The Labute approximate surface area is 60.1 Å². The van der Waals surface area contributed by atoms with Gasteiger partial charge in [0.25, 0.3) is 5.24 Å². The molecule has 9 heavy (non-hydrogen) atoms. The second-order valence-corrected chi connectivity index (χ2v) is 2.16. The smallest absolute Gasteiger partial charge is 0.278 e. The number of hydrogen-bond donors (Lipinski definition) is 2. The predicted molar refractivity (Wildman–Crippen MR) is 38.7 cm³/mol. The van der Waals surface area contributed by atoms with Gasteiger partial charge in [-0.3, -0.25) is 4.79 Å². The molecule has 0 aliphatic heterocycles. The molecular weight excluding hydrogens is 138 g/mol. The zero-order valence-electron chi connectivity index (χ0n) is 5.37. The number of carbonyl (C=O) groups is 1. The molecule has 0 fully saturated rings. The molecule has 0 saturated heterocycles. The molecule has 0 aliphatic rings. The van der Waals surface area contributed by atoms with Gasteiger partial charge in [0.15, 0.2) is 0 Å². The van der Waals surface area contributed by atoms with Crippen molar-refractivity contribution in [2.75, 3.05) is 20.2 Å². The fraction of sp³-hybridized carbons (Fsp3) is 0.800. The van der Waals surface area contributed by atoms with Crippen molar-refractivity contribution < 1.29 is 9.90 Å². The lowest BCUT2D eigenvalue weighted by Gasteiger charge is -2.11. The van der Waals surface area contributed by atoms with Crippen molar-refractivity contribution in [2.24, 2.45) is 0 Å². The van der Waals surface area contributed by atoms with Gasteiger partial charge in [-0.1, -0.05) is 12.6 Å². The van der Waals surface area contributed by atoms with Gasteiger partial charge < -0.3 is 10.0 Å². The van der Waals surface area contributed by atoms with E-state index in [0.717, 1.165) is 0 Å². The average molecular weight is 149 g/mol. The van der Waals surface area contributed by atoms with E-state index in [-0.39, 0.29) is 11.8 Å². The summed E-state index contributed by atoms with van der Waals surface area (Å²) in [7, 11) is 1.64. The minimum atomic E-state index is -0.261. The molecule has 0 heterocycles. The van der Waals surface area contributed by atoms with Gasteiger partial charge in [0, 0.05) is 20.2 Å². The quantitative estimate of drug-likeness (QED) is 0.568. The third kappa shape index (κ3) is 4.29. The summed E-state index contributed by atoms with van der Waals surface area (Å²) in [5.41, 5.74) is 0. The lowest BCUT2D eigenvalue weighted by molar-refractivity contribution is 0.224. The predicted octanol–water partition coefficient (Wildman–Crippen LogP) is 0.350. The number of rotatable bonds is 3. The summed E-state index contributed by atoms with van der Waals surface area (Å²) in [6.07, 6.45) is 0.614. The average Bonchev–Trinajstić information content (AvgIpc) is 1.82. The molecule has 0 bridgehead atoms. The lowest BCUT2D eigenvalue weighted by Crippen LogP contribution is -2.22. The van der Waals surface area contributed by atoms with E-state index in [4.69, 9.17) is 5.11 Å². The highest BCUT2D eigenvalue weighted by Crippen LogP contribution is 1.91. The Balaban J connectivity index is 3.27. The summed E-state index contributed by atoms with van der Waals surface area (Å²) in [4.78, 5) is 11.8. The van der Waals surface area contributed by atoms with Crippen LogP contribution in [0.4, 0.5) is 4.79 Å². The maximum absolute atomic E-state index is 10.4. The molecule has 1 amide bonds. The first kappa shape index (κ1) is 8.78. The molecule has 0 aromatic carbocycles. The minimum Gasteiger partial charge on any atom is -0.396 e. The van der Waals surface area contributed by atoms with Crippen LogP contribution in [0, 0.1) is 0 Å². The molecule has 0 unspecified atom stereocenters. The van der Waals surface area contributed by atoms with Crippen molar-refractivity contribution in [2.45, 2.75) is 6.42 Å². The summed E-state index contributed by atoms with van der Waals surface area (Å²) in [6, 6.07) is 0. The Morgan fingerprint density at radius 3 is 2.67 bits per heavy atom. The van der Waals surface area contributed by atoms with Gasteiger partial charge in [0.2, 0.25) is 0 Å². The summed E-state index contributed by atoms with van der Waals surface area (Å²) in [5.74, 6) is 0. The van der Waals surface area contributed by atoms with Gasteiger partial charge in [0.1, 0.15) is 0 Å². The van der Waals surface area contributed by atoms with E-state index in [2.05, 4.69) is 12.6 Å². The maximum Gasteiger partial charge on any atom is 0.278 e. The summed E-state index contributed by atoms with van der Waals surface area (Å²) in [6.45, 7) is 0.685. The van der Waals surface area contributed by atoms with Crippen LogP contribution in [-0.2, 0) is 0 Å². The third-order valence-corrected chi connectivity index (χ3v) is 1.32. The van der Waals surface area contributed by atoms with Crippen LogP contribution in [0.3, 0.4) is 0 Å². The summed E-state index contributed by atoms with van der Waals surface area (Å²) < 4.78 is 0. The normalized spacial score (nSPS) is 9.22. The van der Waals surface area contributed by atoms with E-state index in [1.54, 1.807) is 7.05 Å². The van der Waals surface area contributed by atoms with Gasteiger partial charge in [-0.2, -0.15) is 0 Å². The fourth-order valence-electron chi connectivity index (χ4n) is 0.404. The first-order valence-electron chi connectivity index (χ1n) is 2.73. The lowest BCUT2D eigenvalue weighted by atomic mass is 10.4. The Morgan fingerprint density at radius 2 is 2.33 bits per heavy atom. The Hall–Kier alpha value is -0.220. The van der Waals surface area contributed by atoms with Crippen LogP contribution in [-0.4, -0.2) is 35.4 Å². The fourth-order valence-corrected chi connectivity index (χ4v) is 0.504. The number of aliphatic hydroxyl groups is 1. The number of hydrogen-bond acceptors (Lipinski definition) is 2. The van der Waals surface area contributed by atoms with Crippen molar-refractivity contribution in [3.63, 3.8) is 0 Å². The molecule has 3 nitrogen and oxygen atoms in total. The highest BCUT2D eigenvalue weighted by molar-refractivity contribution is 7.96. The Bertz CT molecular complexity index is 97.0. The monoisotopic (exact) mass is 149 g/mol. The van der Waals surface area contributed by atoms with Gasteiger partial charge in [-0.05, 0) is 6.42 Å². The van der Waals surface area contributed by atoms with E-state index in [9.17, 15) is 4.79 Å². The van der Waals surface area contributed by atoms with Crippen molar-refractivity contribution in [3.05, 3.63) is 0 Å². The first-order valence-corrected chi connectivity index (χ1v) is 3.18. The number of nitrogens with zero attached hydrogens (tertiary/aromatic N) is 1. The van der Waals surface area contributed by atoms with Gasteiger partial charge >= 0.3 is 0 Å². The third-order valence-electron chi connectivity index (χ3n) is 0.978. The minimum absolute atomic E-state index is 0.116. The molecule has 0 atom stereocenters. The number of amides is 1. The van der Waals surface area contributed by atoms with E-state index in [1.807, 2.05) is 0 Å². The van der Waals surface area contributed by atoms with Crippen molar-refractivity contribution in [1.82, 2.24) is 4.90 Å².